The minimum absolute atomic E-state index is 0.285. The first kappa shape index (κ1) is 12.1. The molecule has 0 fully saturated rings. The molecular weight excluding hydrogens is 228 g/mol. The van der Waals surface area contributed by atoms with E-state index in [9.17, 15) is 5.11 Å². The van der Waals surface area contributed by atoms with Gasteiger partial charge in [-0.3, -0.25) is 5.41 Å². The molecule has 0 heterocycles. The normalized spacial score (nSPS) is 11.8. The highest BCUT2D eigenvalue weighted by molar-refractivity contribution is 5.82. The predicted molar refractivity (Wildman–Crippen MR) is 69.8 cm³/mol. The second kappa shape index (κ2) is 5.33. The highest BCUT2D eigenvalue weighted by Gasteiger charge is 2.11. The standard InChI is InChI=1S/C14H14N2O2/c15-14(16)13(17)10-5-4-8-12(9-10)18-11-6-2-1-3-7-11/h1-9,13,17H,(H3,15,16)/t13-/m0/s1. The monoisotopic (exact) mass is 242 g/mol. The molecule has 18 heavy (non-hydrogen) atoms. The lowest BCUT2D eigenvalue weighted by atomic mass is 10.1. The van der Waals surface area contributed by atoms with Crippen molar-refractivity contribution < 1.29 is 9.84 Å². The van der Waals surface area contributed by atoms with Crippen LogP contribution in [-0.2, 0) is 0 Å². The van der Waals surface area contributed by atoms with Crippen molar-refractivity contribution in [1.29, 1.82) is 5.41 Å². The highest BCUT2D eigenvalue weighted by atomic mass is 16.5. The third-order valence-electron chi connectivity index (χ3n) is 2.45. The summed E-state index contributed by atoms with van der Waals surface area (Å²) >= 11 is 0. The van der Waals surface area contributed by atoms with Gasteiger partial charge in [0.1, 0.15) is 23.4 Å². The van der Waals surface area contributed by atoms with Crippen LogP contribution in [0.5, 0.6) is 11.5 Å². The molecule has 4 nitrogen and oxygen atoms in total. The first-order valence-corrected chi connectivity index (χ1v) is 5.51. The Labute approximate surface area is 105 Å². The summed E-state index contributed by atoms with van der Waals surface area (Å²) in [6.07, 6.45) is -1.09. The molecule has 0 saturated heterocycles. The van der Waals surface area contributed by atoms with Crippen molar-refractivity contribution in [3.8, 4) is 11.5 Å². The third kappa shape index (κ3) is 2.87. The summed E-state index contributed by atoms with van der Waals surface area (Å²) in [6.45, 7) is 0. The smallest absolute Gasteiger partial charge is 0.136 e. The molecular formula is C14H14N2O2. The van der Waals surface area contributed by atoms with Crippen LogP contribution in [0.25, 0.3) is 0 Å². The maximum absolute atomic E-state index is 9.68. The van der Waals surface area contributed by atoms with Crippen molar-refractivity contribution in [3.63, 3.8) is 0 Å². The molecule has 0 aliphatic rings. The number of ether oxygens (including phenoxy) is 1. The van der Waals surface area contributed by atoms with Crippen LogP contribution in [0, 0.1) is 5.41 Å². The molecule has 0 radical (unpaired) electrons. The lowest BCUT2D eigenvalue weighted by Crippen LogP contribution is -2.19. The summed E-state index contributed by atoms with van der Waals surface area (Å²) in [7, 11) is 0. The minimum Gasteiger partial charge on any atom is -0.457 e. The summed E-state index contributed by atoms with van der Waals surface area (Å²) in [6, 6.07) is 16.2. The van der Waals surface area contributed by atoms with E-state index in [0.29, 0.717) is 17.1 Å². The van der Waals surface area contributed by atoms with Crippen molar-refractivity contribution >= 4 is 5.84 Å². The summed E-state index contributed by atoms with van der Waals surface area (Å²) in [5.74, 6) is 1.03. The van der Waals surface area contributed by atoms with Crippen molar-refractivity contribution in [3.05, 3.63) is 60.2 Å². The fraction of sp³-hybridized carbons (Fsp3) is 0.0714. The second-order valence-electron chi connectivity index (χ2n) is 3.85. The zero-order valence-corrected chi connectivity index (χ0v) is 9.71. The molecule has 0 bridgehead atoms. The minimum atomic E-state index is -1.09. The Morgan fingerprint density at radius 3 is 2.39 bits per heavy atom. The highest BCUT2D eigenvalue weighted by Crippen LogP contribution is 2.24. The molecule has 0 aliphatic heterocycles. The van der Waals surface area contributed by atoms with Gasteiger partial charge in [-0.15, -0.1) is 0 Å². The van der Waals surface area contributed by atoms with E-state index >= 15 is 0 Å². The first-order valence-electron chi connectivity index (χ1n) is 5.51. The van der Waals surface area contributed by atoms with Crippen LogP contribution in [0.3, 0.4) is 0 Å². The number of nitrogens with one attached hydrogen (secondary N) is 1. The fourth-order valence-corrected chi connectivity index (χ4v) is 1.55. The number of hydrogen-bond acceptors (Lipinski definition) is 3. The molecule has 1 atom stereocenters. The van der Waals surface area contributed by atoms with Gasteiger partial charge in [-0.05, 0) is 29.8 Å². The van der Waals surface area contributed by atoms with E-state index in [1.54, 1.807) is 24.3 Å². The van der Waals surface area contributed by atoms with Gasteiger partial charge in [-0.25, -0.2) is 0 Å². The maximum atomic E-state index is 9.68. The van der Waals surface area contributed by atoms with Gasteiger partial charge < -0.3 is 15.6 Å². The van der Waals surface area contributed by atoms with E-state index < -0.39 is 6.10 Å². The SMILES string of the molecule is N=C(N)[C@@H](O)c1cccc(Oc2ccccc2)c1. The van der Waals surface area contributed by atoms with Crippen LogP contribution < -0.4 is 10.5 Å². The van der Waals surface area contributed by atoms with Gasteiger partial charge >= 0.3 is 0 Å². The van der Waals surface area contributed by atoms with Crippen LogP contribution in [-0.4, -0.2) is 10.9 Å². The molecule has 0 spiro atoms. The Kier molecular flexibility index (Phi) is 3.60. The summed E-state index contributed by atoms with van der Waals surface area (Å²) in [4.78, 5) is 0. The summed E-state index contributed by atoms with van der Waals surface area (Å²) in [5, 5.41) is 16.9. The quantitative estimate of drug-likeness (QED) is 0.569. The number of hydrogen-bond donors (Lipinski definition) is 3. The number of para-hydroxylation sites is 1. The third-order valence-corrected chi connectivity index (χ3v) is 2.45. The van der Waals surface area contributed by atoms with E-state index in [-0.39, 0.29) is 5.84 Å². The Hall–Kier alpha value is -2.33. The fourth-order valence-electron chi connectivity index (χ4n) is 1.55. The molecule has 0 aromatic heterocycles. The molecule has 2 rings (SSSR count). The first-order chi connectivity index (χ1) is 8.66. The molecule has 2 aromatic carbocycles. The topological polar surface area (TPSA) is 79.3 Å². The average molecular weight is 242 g/mol. The zero-order valence-electron chi connectivity index (χ0n) is 9.71. The molecule has 92 valence electrons. The summed E-state index contributed by atoms with van der Waals surface area (Å²) < 4.78 is 5.63. The molecule has 0 saturated carbocycles. The van der Waals surface area contributed by atoms with Crippen LogP contribution in [0.2, 0.25) is 0 Å². The summed E-state index contributed by atoms with van der Waals surface area (Å²) in [5.41, 5.74) is 5.80. The van der Waals surface area contributed by atoms with Crippen LogP contribution >= 0.6 is 0 Å². The Morgan fingerprint density at radius 1 is 1.06 bits per heavy atom. The lowest BCUT2D eigenvalue weighted by molar-refractivity contribution is 0.244. The van der Waals surface area contributed by atoms with Crippen LogP contribution in [0.15, 0.2) is 54.6 Å². The largest absolute Gasteiger partial charge is 0.457 e. The second-order valence-corrected chi connectivity index (χ2v) is 3.85. The van der Waals surface area contributed by atoms with Gasteiger partial charge in [-0.2, -0.15) is 0 Å². The predicted octanol–water partition coefficient (Wildman–Crippen LogP) is 2.45. The zero-order chi connectivity index (χ0) is 13.0. The Bertz CT molecular complexity index is 541. The molecule has 4 heteroatoms. The molecule has 0 unspecified atom stereocenters. The number of nitrogens with two attached hydrogens (primary N) is 1. The van der Waals surface area contributed by atoms with Gasteiger partial charge in [0, 0.05) is 0 Å². The Morgan fingerprint density at radius 2 is 1.72 bits per heavy atom. The van der Waals surface area contributed by atoms with E-state index in [4.69, 9.17) is 15.9 Å². The number of aliphatic hydroxyl groups excluding tert-OH is 1. The molecule has 0 aliphatic carbocycles. The van der Waals surface area contributed by atoms with E-state index in [1.165, 1.54) is 0 Å². The molecule has 0 amide bonds. The van der Waals surface area contributed by atoms with Gasteiger partial charge in [0.05, 0.1) is 0 Å². The maximum Gasteiger partial charge on any atom is 0.136 e. The van der Waals surface area contributed by atoms with Crippen LogP contribution in [0.4, 0.5) is 0 Å². The van der Waals surface area contributed by atoms with Crippen molar-refractivity contribution in [2.75, 3.05) is 0 Å². The molecule has 2 aromatic rings. The average Bonchev–Trinajstić information content (AvgIpc) is 2.39. The van der Waals surface area contributed by atoms with E-state index in [2.05, 4.69) is 0 Å². The van der Waals surface area contributed by atoms with Crippen molar-refractivity contribution in [1.82, 2.24) is 0 Å². The number of aliphatic hydroxyl groups is 1. The van der Waals surface area contributed by atoms with Crippen molar-refractivity contribution in [2.45, 2.75) is 6.10 Å². The van der Waals surface area contributed by atoms with Crippen molar-refractivity contribution in [2.24, 2.45) is 5.73 Å². The number of benzene rings is 2. The number of amidine groups is 1. The van der Waals surface area contributed by atoms with Gasteiger partial charge in [-0.1, -0.05) is 30.3 Å². The lowest BCUT2D eigenvalue weighted by Gasteiger charge is -2.11. The van der Waals surface area contributed by atoms with Gasteiger partial charge in [0.15, 0.2) is 0 Å². The van der Waals surface area contributed by atoms with Crippen LogP contribution in [0.1, 0.15) is 11.7 Å². The Balaban J connectivity index is 2.20. The van der Waals surface area contributed by atoms with E-state index in [0.717, 1.165) is 0 Å². The number of rotatable bonds is 4. The van der Waals surface area contributed by atoms with E-state index in [1.807, 2.05) is 30.3 Å². The molecule has 4 N–H and O–H groups in total. The van der Waals surface area contributed by atoms with Gasteiger partial charge in [0.2, 0.25) is 0 Å². The van der Waals surface area contributed by atoms with Gasteiger partial charge in [0.25, 0.3) is 0 Å².